The Morgan fingerprint density at radius 1 is 0.723 bits per heavy atom. The van der Waals surface area contributed by atoms with Gasteiger partial charge in [-0.1, -0.05) is 148 Å². The summed E-state index contributed by atoms with van der Waals surface area (Å²) in [7, 11) is 3.93. The highest BCUT2D eigenvalue weighted by Gasteiger charge is 2.59. The average Bonchev–Trinajstić information content (AvgIpc) is 3.65. The fraction of sp³-hybridized carbons (Fsp3) is 0.898. The minimum atomic E-state index is 0. The summed E-state index contributed by atoms with van der Waals surface area (Å²) in [5.41, 5.74) is 2.65. The van der Waals surface area contributed by atoms with Gasteiger partial charge in [0.1, 0.15) is 0 Å². The molecule has 65 heavy (non-hydrogen) atoms. The van der Waals surface area contributed by atoms with Crippen LogP contribution in [0.15, 0.2) is 36.0 Å². The maximum absolute atomic E-state index is 6.51. The largest absolute Gasteiger partial charge is 0.380 e. The quantitative estimate of drug-likeness (QED) is 0.0457. The van der Waals surface area contributed by atoms with Gasteiger partial charge in [0, 0.05) is 29.7 Å². The average molecular weight is 915 g/mol. The Balaban J connectivity index is 0.00000771. The van der Waals surface area contributed by atoms with Gasteiger partial charge in [-0.15, -0.1) is 0 Å². The van der Waals surface area contributed by atoms with E-state index < -0.39 is 0 Å². The van der Waals surface area contributed by atoms with E-state index in [9.17, 15) is 0 Å². The molecule has 0 aromatic carbocycles. The van der Waals surface area contributed by atoms with Crippen LogP contribution in [0.3, 0.4) is 0 Å². The third-order valence-electron chi connectivity index (χ3n) is 17.2. The summed E-state index contributed by atoms with van der Waals surface area (Å²) in [4.78, 5) is 2.30. The summed E-state index contributed by atoms with van der Waals surface area (Å²) in [6, 6.07) is 0. The SMILES string of the molecule is CCCCC/C=C\C/C=C\CCCCCCCCCCOCC(CN(C)CC(C)OC)OCCOCCO[C@H]1CC[C@@]2(C)C(=CC[C@@H]3C2CC[C@@]2(C)C3CC[C@@H]2[C@H](C)CCCC(C)C)C1.[HH].[HH]. The molecule has 0 N–H and O–H groups in total. The van der Waals surface area contributed by atoms with Gasteiger partial charge >= 0.3 is 0 Å². The first-order chi connectivity index (χ1) is 31.5. The molecule has 6 heteroatoms. The van der Waals surface area contributed by atoms with Crippen molar-refractivity contribution in [3.05, 3.63) is 36.0 Å². The molecule has 0 saturated heterocycles. The molecular formula is C59H111NO5. The maximum atomic E-state index is 6.51. The monoisotopic (exact) mass is 914 g/mol. The van der Waals surface area contributed by atoms with Gasteiger partial charge in [-0.25, -0.2) is 0 Å². The van der Waals surface area contributed by atoms with Crippen molar-refractivity contribution in [3.8, 4) is 0 Å². The third-order valence-corrected chi connectivity index (χ3v) is 17.2. The molecule has 0 heterocycles. The molecule has 6 nitrogen and oxygen atoms in total. The number of fused-ring (bicyclic) bond motifs is 5. The predicted molar refractivity (Wildman–Crippen MR) is 281 cm³/mol. The number of rotatable bonds is 37. The molecule has 0 aromatic heterocycles. The topological polar surface area (TPSA) is 49.4 Å². The van der Waals surface area contributed by atoms with Gasteiger partial charge in [0.15, 0.2) is 0 Å². The van der Waals surface area contributed by atoms with Crippen molar-refractivity contribution in [2.45, 2.75) is 227 Å². The zero-order valence-corrected chi connectivity index (χ0v) is 44.4. The van der Waals surface area contributed by atoms with E-state index in [0.29, 0.717) is 50.0 Å². The van der Waals surface area contributed by atoms with Crippen LogP contribution in [0, 0.1) is 46.3 Å². The summed E-state index contributed by atoms with van der Waals surface area (Å²) in [6.07, 6.45) is 45.6. The number of ether oxygens (including phenoxy) is 5. The number of nitrogens with zero attached hydrogens (tertiary/aromatic N) is 1. The van der Waals surface area contributed by atoms with Crippen molar-refractivity contribution in [1.82, 2.24) is 4.90 Å². The molecule has 0 spiro atoms. The molecule has 3 saturated carbocycles. The lowest BCUT2D eigenvalue weighted by molar-refractivity contribution is -0.0735. The molecule has 4 unspecified atom stereocenters. The van der Waals surface area contributed by atoms with Crippen LogP contribution in [0.25, 0.3) is 0 Å². The zero-order valence-electron chi connectivity index (χ0n) is 44.4. The second-order valence-electron chi connectivity index (χ2n) is 22.8. The van der Waals surface area contributed by atoms with E-state index in [4.69, 9.17) is 23.7 Å². The summed E-state index contributed by atoms with van der Waals surface area (Å²) in [5, 5.41) is 0. The van der Waals surface area contributed by atoms with Gasteiger partial charge in [0.05, 0.1) is 51.3 Å². The number of unbranched alkanes of at least 4 members (excludes halogenated alkanes) is 11. The fourth-order valence-electron chi connectivity index (χ4n) is 13.3. The molecule has 0 radical (unpaired) electrons. The lowest BCUT2D eigenvalue weighted by atomic mass is 9.47. The highest BCUT2D eigenvalue weighted by molar-refractivity contribution is 5.25. The van der Waals surface area contributed by atoms with E-state index in [1.807, 2.05) is 0 Å². The number of likely N-dealkylation sites (N-methyl/N-ethyl adjacent to an activating group) is 1. The Morgan fingerprint density at radius 2 is 1.43 bits per heavy atom. The molecule has 0 amide bonds. The molecule has 4 rings (SSSR count). The first kappa shape index (κ1) is 56.6. The second kappa shape index (κ2) is 32.0. The standard InChI is InChI=1S/C59H107NO5.2H2/c1-10-11-12-13-14-15-16-17-18-19-20-21-22-23-24-25-26-27-39-63-47-53(46-60(8)45-50(5)61-9)65-43-41-62-40-42-64-52-35-37-58(6)51(44-52)31-32-54-56-34-33-55(49(4)30-28-29-48(2)3)59(56,7)38-36-57(54)58;;/h14-15,17-18,31,48-50,52-57H,10-13,16,19-30,32-47H2,1-9H3;2*1H/b15-14-,18-17-;;/t49-,50?,52+,53?,54+,55-,56?,57?,58+,59-;;/m1../s1. The van der Waals surface area contributed by atoms with Crippen LogP contribution in [-0.2, 0) is 23.7 Å². The van der Waals surface area contributed by atoms with Crippen LogP contribution in [0.5, 0.6) is 0 Å². The molecule has 382 valence electrons. The van der Waals surface area contributed by atoms with Crippen LogP contribution in [0.1, 0.15) is 212 Å². The van der Waals surface area contributed by atoms with Crippen LogP contribution < -0.4 is 0 Å². The van der Waals surface area contributed by atoms with Crippen LogP contribution in [-0.4, -0.2) is 90.1 Å². The van der Waals surface area contributed by atoms with Crippen LogP contribution >= 0.6 is 0 Å². The molecule has 0 bridgehead atoms. The van der Waals surface area contributed by atoms with E-state index in [2.05, 4.69) is 90.8 Å². The van der Waals surface area contributed by atoms with Crippen molar-refractivity contribution in [2.24, 2.45) is 46.3 Å². The van der Waals surface area contributed by atoms with Gasteiger partial charge in [-0.3, -0.25) is 0 Å². The Bertz CT molecular complexity index is 1330. The Hall–Kier alpha value is -1.02. The van der Waals surface area contributed by atoms with Crippen molar-refractivity contribution < 1.29 is 26.5 Å². The van der Waals surface area contributed by atoms with E-state index >= 15 is 0 Å². The molecule has 4 aliphatic rings. The van der Waals surface area contributed by atoms with E-state index in [-0.39, 0.29) is 15.1 Å². The van der Waals surface area contributed by atoms with Crippen molar-refractivity contribution >= 4 is 0 Å². The molecule has 0 aromatic rings. The van der Waals surface area contributed by atoms with Gasteiger partial charge in [-0.05, 0) is 150 Å². The summed E-state index contributed by atoms with van der Waals surface area (Å²) < 4.78 is 30.7. The van der Waals surface area contributed by atoms with Crippen LogP contribution in [0.4, 0.5) is 0 Å². The Labute approximate surface area is 406 Å². The number of allylic oxidation sites excluding steroid dienone is 5. The third kappa shape index (κ3) is 19.7. The second-order valence-corrected chi connectivity index (χ2v) is 22.8. The molecule has 3 fully saturated rings. The highest BCUT2D eigenvalue weighted by Crippen LogP contribution is 2.67. The maximum Gasteiger partial charge on any atom is 0.0936 e. The Kier molecular flexibility index (Phi) is 27.8. The van der Waals surface area contributed by atoms with Gasteiger partial charge in [-0.2, -0.15) is 0 Å². The summed E-state index contributed by atoms with van der Waals surface area (Å²) >= 11 is 0. The predicted octanol–water partition coefficient (Wildman–Crippen LogP) is 15.9. The normalized spacial score (nSPS) is 28.2. The smallest absolute Gasteiger partial charge is 0.0936 e. The lowest BCUT2D eigenvalue weighted by Crippen LogP contribution is -2.51. The van der Waals surface area contributed by atoms with E-state index in [0.717, 1.165) is 74.5 Å². The minimum Gasteiger partial charge on any atom is -0.380 e. The van der Waals surface area contributed by atoms with E-state index in [1.165, 1.54) is 141 Å². The first-order valence-corrected chi connectivity index (χ1v) is 28.1. The fourth-order valence-corrected chi connectivity index (χ4v) is 13.3. The van der Waals surface area contributed by atoms with Gasteiger partial charge in [0.2, 0.25) is 0 Å². The number of hydrogen-bond donors (Lipinski definition) is 0. The molecule has 4 aliphatic carbocycles. The van der Waals surface area contributed by atoms with Gasteiger partial charge < -0.3 is 28.6 Å². The first-order valence-electron chi connectivity index (χ1n) is 28.1. The highest BCUT2D eigenvalue weighted by atomic mass is 16.6. The van der Waals surface area contributed by atoms with E-state index in [1.54, 1.807) is 12.7 Å². The minimum absolute atomic E-state index is 0. The Morgan fingerprint density at radius 3 is 2.15 bits per heavy atom. The zero-order chi connectivity index (χ0) is 46.8. The lowest BCUT2D eigenvalue weighted by Gasteiger charge is -2.58. The van der Waals surface area contributed by atoms with Crippen molar-refractivity contribution in [1.29, 1.82) is 0 Å². The van der Waals surface area contributed by atoms with Crippen LogP contribution in [0.2, 0.25) is 0 Å². The van der Waals surface area contributed by atoms with Gasteiger partial charge in [0.25, 0.3) is 0 Å². The van der Waals surface area contributed by atoms with Crippen molar-refractivity contribution in [3.63, 3.8) is 0 Å². The molecule has 10 atom stereocenters. The molecule has 0 aliphatic heterocycles. The summed E-state index contributed by atoms with van der Waals surface area (Å²) in [5.74, 6) is 5.32. The van der Waals surface area contributed by atoms with Crippen molar-refractivity contribution in [2.75, 3.05) is 66.9 Å². The molecular weight excluding hydrogens is 803 g/mol. The summed E-state index contributed by atoms with van der Waals surface area (Å²) in [6.45, 7) is 22.7. The number of methoxy groups -OCH3 is 1. The number of hydrogen-bond acceptors (Lipinski definition) is 6.